The molecule has 1 fully saturated rings. The van der Waals surface area contributed by atoms with Gasteiger partial charge in [0.2, 0.25) is 0 Å². The SMILES string of the molecule is OC(Cc1ccccn1)c1cccc(OC2CC2)c1. The van der Waals surface area contributed by atoms with Crippen LogP contribution >= 0.6 is 0 Å². The third-order valence-corrected chi connectivity index (χ3v) is 3.20. The summed E-state index contributed by atoms with van der Waals surface area (Å²) in [6, 6.07) is 13.4. The van der Waals surface area contributed by atoms with E-state index in [9.17, 15) is 5.11 Å². The van der Waals surface area contributed by atoms with Crippen LogP contribution in [0.3, 0.4) is 0 Å². The number of nitrogens with zero attached hydrogens (tertiary/aromatic N) is 1. The van der Waals surface area contributed by atoms with E-state index in [0.717, 1.165) is 29.8 Å². The summed E-state index contributed by atoms with van der Waals surface area (Å²) in [5, 5.41) is 10.3. The van der Waals surface area contributed by atoms with E-state index in [4.69, 9.17) is 4.74 Å². The Kier molecular flexibility index (Phi) is 3.47. The van der Waals surface area contributed by atoms with E-state index in [2.05, 4.69) is 4.98 Å². The van der Waals surface area contributed by atoms with Gasteiger partial charge >= 0.3 is 0 Å². The van der Waals surface area contributed by atoms with E-state index in [1.54, 1.807) is 6.20 Å². The van der Waals surface area contributed by atoms with Crippen LogP contribution < -0.4 is 4.74 Å². The van der Waals surface area contributed by atoms with Crippen molar-refractivity contribution < 1.29 is 9.84 Å². The van der Waals surface area contributed by atoms with Crippen LogP contribution in [0.5, 0.6) is 5.75 Å². The number of aliphatic hydroxyl groups is 1. The Morgan fingerprint density at radius 2 is 2.11 bits per heavy atom. The smallest absolute Gasteiger partial charge is 0.120 e. The summed E-state index contributed by atoms with van der Waals surface area (Å²) in [5.41, 5.74) is 1.77. The molecule has 1 N–H and O–H groups in total. The highest BCUT2D eigenvalue weighted by molar-refractivity contribution is 5.31. The Balaban J connectivity index is 1.70. The van der Waals surface area contributed by atoms with E-state index >= 15 is 0 Å². The van der Waals surface area contributed by atoms with Crippen molar-refractivity contribution in [2.24, 2.45) is 0 Å². The molecule has 1 heterocycles. The van der Waals surface area contributed by atoms with Crippen LogP contribution in [0.2, 0.25) is 0 Å². The molecule has 0 amide bonds. The van der Waals surface area contributed by atoms with Crippen LogP contribution in [-0.2, 0) is 6.42 Å². The third-order valence-electron chi connectivity index (χ3n) is 3.20. The predicted molar refractivity (Wildman–Crippen MR) is 73.0 cm³/mol. The topological polar surface area (TPSA) is 42.4 Å². The second kappa shape index (κ2) is 5.41. The van der Waals surface area contributed by atoms with Crippen molar-refractivity contribution in [1.82, 2.24) is 4.98 Å². The number of hydrogen-bond acceptors (Lipinski definition) is 3. The van der Waals surface area contributed by atoms with Crippen molar-refractivity contribution in [3.63, 3.8) is 0 Å². The lowest BCUT2D eigenvalue weighted by Crippen LogP contribution is -2.04. The molecule has 1 unspecified atom stereocenters. The minimum atomic E-state index is -0.544. The zero-order valence-corrected chi connectivity index (χ0v) is 10.7. The molecule has 1 aliphatic carbocycles. The zero-order chi connectivity index (χ0) is 13.1. The first-order valence-electron chi connectivity index (χ1n) is 6.66. The Morgan fingerprint density at radius 3 is 2.84 bits per heavy atom. The highest BCUT2D eigenvalue weighted by Gasteiger charge is 2.23. The largest absolute Gasteiger partial charge is 0.490 e. The van der Waals surface area contributed by atoms with Crippen molar-refractivity contribution in [2.75, 3.05) is 0 Å². The van der Waals surface area contributed by atoms with Gasteiger partial charge in [-0.05, 0) is 42.7 Å². The van der Waals surface area contributed by atoms with Crippen LogP contribution in [0.15, 0.2) is 48.7 Å². The first kappa shape index (κ1) is 12.2. The summed E-state index contributed by atoms with van der Waals surface area (Å²) in [6.45, 7) is 0. The van der Waals surface area contributed by atoms with E-state index in [1.165, 1.54) is 0 Å². The minimum Gasteiger partial charge on any atom is -0.490 e. The number of aliphatic hydroxyl groups excluding tert-OH is 1. The highest BCUT2D eigenvalue weighted by Crippen LogP contribution is 2.28. The number of ether oxygens (including phenoxy) is 1. The average Bonchev–Trinajstić information content (AvgIpc) is 3.24. The lowest BCUT2D eigenvalue weighted by atomic mass is 10.0. The van der Waals surface area contributed by atoms with E-state index < -0.39 is 6.10 Å². The molecule has 3 rings (SSSR count). The first-order valence-corrected chi connectivity index (χ1v) is 6.66. The summed E-state index contributed by atoms with van der Waals surface area (Å²) < 4.78 is 5.74. The molecule has 0 spiro atoms. The molecule has 19 heavy (non-hydrogen) atoms. The van der Waals surface area contributed by atoms with Crippen molar-refractivity contribution in [3.05, 3.63) is 59.9 Å². The average molecular weight is 255 g/mol. The minimum absolute atomic E-state index is 0.378. The quantitative estimate of drug-likeness (QED) is 0.893. The van der Waals surface area contributed by atoms with Gasteiger partial charge in [-0.15, -0.1) is 0 Å². The molecule has 3 heteroatoms. The molecule has 1 saturated carbocycles. The number of aromatic nitrogens is 1. The second-order valence-electron chi connectivity index (χ2n) is 4.93. The lowest BCUT2D eigenvalue weighted by Gasteiger charge is -2.12. The van der Waals surface area contributed by atoms with Gasteiger partial charge in [0.1, 0.15) is 5.75 Å². The molecule has 3 nitrogen and oxygen atoms in total. The lowest BCUT2D eigenvalue weighted by molar-refractivity contribution is 0.176. The number of rotatable bonds is 5. The molecule has 1 atom stereocenters. The fraction of sp³-hybridized carbons (Fsp3) is 0.312. The van der Waals surface area contributed by atoms with Gasteiger partial charge in [0.15, 0.2) is 0 Å². The van der Waals surface area contributed by atoms with Crippen molar-refractivity contribution in [3.8, 4) is 5.75 Å². The molecule has 0 radical (unpaired) electrons. The highest BCUT2D eigenvalue weighted by atomic mass is 16.5. The van der Waals surface area contributed by atoms with Crippen molar-refractivity contribution in [2.45, 2.75) is 31.5 Å². The van der Waals surface area contributed by atoms with Gasteiger partial charge in [-0.2, -0.15) is 0 Å². The van der Waals surface area contributed by atoms with Crippen LogP contribution in [0.1, 0.15) is 30.2 Å². The molecule has 0 aliphatic heterocycles. The van der Waals surface area contributed by atoms with Crippen molar-refractivity contribution in [1.29, 1.82) is 0 Å². The molecular weight excluding hydrogens is 238 g/mol. The number of pyridine rings is 1. The van der Waals surface area contributed by atoms with E-state index in [1.807, 2.05) is 42.5 Å². The van der Waals surface area contributed by atoms with Gasteiger partial charge in [0.05, 0.1) is 12.2 Å². The van der Waals surface area contributed by atoms with Gasteiger partial charge in [-0.1, -0.05) is 18.2 Å². The maximum absolute atomic E-state index is 10.3. The van der Waals surface area contributed by atoms with Gasteiger partial charge in [-0.3, -0.25) is 4.98 Å². The Morgan fingerprint density at radius 1 is 1.21 bits per heavy atom. The van der Waals surface area contributed by atoms with Crippen LogP contribution in [0.4, 0.5) is 0 Å². The first-order chi connectivity index (χ1) is 9.31. The summed E-state index contributed by atoms with van der Waals surface area (Å²) in [6.07, 6.45) is 4.38. The molecule has 1 aromatic heterocycles. The number of benzene rings is 1. The molecular formula is C16H17NO2. The van der Waals surface area contributed by atoms with Gasteiger partial charge in [-0.25, -0.2) is 0 Å². The molecule has 2 aromatic rings. The zero-order valence-electron chi connectivity index (χ0n) is 10.7. The standard InChI is InChI=1S/C16H17NO2/c18-16(11-13-5-1-2-9-17-13)12-4-3-6-15(10-12)19-14-7-8-14/h1-6,9-10,14,16,18H,7-8,11H2. The Hall–Kier alpha value is -1.87. The fourth-order valence-electron chi connectivity index (χ4n) is 2.01. The Labute approximate surface area is 112 Å². The van der Waals surface area contributed by atoms with Crippen LogP contribution in [-0.4, -0.2) is 16.2 Å². The Bertz CT molecular complexity index is 537. The normalized spacial score (nSPS) is 16.1. The molecule has 1 aromatic carbocycles. The van der Waals surface area contributed by atoms with Crippen molar-refractivity contribution >= 4 is 0 Å². The van der Waals surface area contributed by atoms with E-state index in [0.29, 0.717) is 12.5 Å². The van der Waals surface area contributed by atoms with Crippen LogP contribution in [0, 0.1) is 0 Å². The second-order valence-corrected chi connectivity index (χ2v) is 4.93. The number of hydrogen-bond donors (Lipinski definition) is 1. The molecule has 98 valence electrons. The summed E-state index contributed by atoms with van der Waals surface area (Å²) in [7, 11) is 0. The predicted octanol–water partition coefficient (Wildman–Crippen LogP) is 2.90. The molecule has 0 saturated heterocycles. The van der Waals surface area contributed by atoms with Gasteiger partial charge in [0.25, 0.3) is 0 Å². The maximum Gasteiger partial charge on any atom is 0.120 e. The van der Waals surface area contributed by atoms with E-state index in [-0.39, 0.29) is 0 Å². The monoisotopic (exact) mass is 255 g/mol. The third kappa shape index (κ3) is 3.32. The van der Waals surface area contributed by atoms with Gasteiger partial charge in [0, 0.05) is 18.3 Å². The maximum atomic E-state index is 10.3. The fourth-order valence-corrected chi connectivity index (χ4v) is 2.01. The summed E-state index contributed by atoms with van der Waals surface area (Å²) >= 11 is 0. The molecule has 0 bridgehead atoms. The van der Waals surface area contributed by atoms with Gasteiger partial charge < -0.3 is 9.84 Å². The van der Waals surface area contributed by atoms with Crippen LogP contribution in [0.25, 0.3) is 0 Å². The summed E-state index contributed by atoms with van der Waals surface area (Å²) in [4.78, 5) is 4.23. The summed E-state index contributed by atoms with van der Waals surface area (Å²) in [5.74, 6) is 0.847. The molecule has 1 aliphatic rings.